The van der Waals surface area contributed by atoms with Crippen LogP contribution in [-0.2, 0) is 28.6 Å². The van der Waals surface area contributed by atoms with Crippen LogP contribution in [0.25, 0.3) is 0 Å². The van der Waals surface area contributed by atoms with Gasteiger partial charge in [-0.05, 0) is 83.5 Å². The molecule has 0 spiro atoms. The summed E-state index contributed by atoms with van der Waals surface area (Å²) in [6.07, 6.45) is 90.8. The van der Waals surface area contributed by atoms with E-state index in [0.717, 1.165) is 77.0 Å². The summed E-state index contributed by atoms with van der Waals surface area (Å²) < 4.78 is 17.0. The van der Waals surface area contributed by atoms with Gasteiger partial charge in [-0.15, -0.1) is 0 Å². The average molecular weight is 1130 g/mol. The highest BCUT2D eigenvalue weighted by Gasteiger charge is 2.19. The number of hydrogen-bond acceptors (Lipinski definition) is 6. The van der Waals surface area contributed by atoms with E-state index < -0.39 is 6.10 Å². The van der Waals surface area contributed by atoms with E-state index >= 15 is 0 Å². The van der Waals surface area contributed by atoms with Crippen LogP contribution in [0.15, 0.2) is 72.9 Å². The van der Waals surface area contributed by atoms with Crippen molar-refractivity contribution < 1.29 is 28.6 Å². The van der Waals surface area contributed by atoms with Crippen molar-refractivity contribution in [1.29, 1.82) is 0 Å². The third-order valence-electron chi connectivity index (χ3n) is 15.7. The second kappa shape index (κ2) is 69.3. The Balaban J connectivity index is 4.36. The van der Waals surface area contributed by atoms with Gasteiger partial charge in [0.25, 0.3) is 0 Å². The summed E-state index contributed by atoms with van der Waals surface area (Å²) in [5.41, 5.74) is 0. The number of hydrogen-bond donors (Lipinski definition) is 0. The second-order valence-electron chi connectivity index (χ2n) is 23.8. The van der Waals surface area contributed by atoms with E-state index in [1.165, 1.54) is 244 Å². The molecule has 81 heavy (non-hydrogen) atoms. The zero-order valence-electron chi connectivity index (χ0n) is 54.1. The number of esters is 3. The number of allylic oxidation sites excluding steroid dienone is 12. The molecule has 6 nitrogen and oxygen atoms in total. The minimum atomic E-state index is -0.799. The molecule has 0 aliphatic carbocycles. The summed E-state index contributed by atoms with van der Waals surface area (Å²) >= 11 is 0. The Bertz CT molecular complexity index is 1490. The monoisotopic (exact) mass is 1130 g/mol. The lowest BCUT2D eigenvalue weighted by molar-refractivity contribution is -0.167. The van der Waals surface area contributed by atoms with Crippen LogP contribution in [0.3, 0.4) is 0 Å². The van der Waals surface area contributed by atoms with Crippen LogP contribution in [0.4, 0.5) is 0 Å². The quantitative estimate of drug-likeness (QED) is 0.0261. The van der Waals surface area contributed by atoms with E-state index in [2.05, 4.69) is 93.7 Å². The molecule has 0 aromatic carbocycles. The van der Waals surface area contributed by atoms with E-state index in [1.807, 2.05) is 0 Å². The van der Waals surface area contributed by atoms with Crippen molar-refractivity contribution in [2.45, 2.75) is 374 Å². The van der Waals surface area contributed by atoms with Gasteiger partial charge in [-0.3, -0.25) is 14.4 Å². The van der Waals surface area contributed by atoms with Crippen molar-refractivity contribution in [3.8, 4) is 0 Å². The molecule has 0 amide bonds. The topological polar surface area (TPSA) is 78.9 Å². The van der Waals surface area contributed by atoms with Gasteiger partial charge in [-0.25, -0.2) is 0 Å². The fourth-order valence-corrected chi connectivity index (χ4v) is 10.4. The van der Waals surface area contributed by atoms with Crippen LogP contribution in [0, 0.1) is 0 Å². The number of carbonyl (C=O) groups excluding carboxylic acids is 3. The molecule has 0 N–H and O–H groups in total. The van der Waals surface area contributed by atoms with Crippen molar-refractivity contribution in [2.75, 3.05) is 13.2 Å². The van der Waals surface area contributed by atoms with Gasteiger partial charge < -0.3 is 14.2 Å². The molecule has 0 rings (SSSR count). The lowest BCUT2D eigenvalue weighted by Gasteiger charge is -2.18. The van der Waals surface area contributed by atoms with Gasteiger partial charge in [0.2, 0.25) is 0 Å². The van der Waals surface area contributed by atoms with Crippen LogP contribution in [-0.4, -0.2) is 37.2 Å². The smallest absolute Gasteiger partial charge is 0.306 e. The normalized spacial score (nSPS) is 12.5. The first-order valence-electron chi connectivity index (χ1n) is 35.4. The molecule has 0 aromatic rings. The average Bonchev–Trinajstić information content (AvgIpc) is 3.47. The van der Waals surface area contributed by atoms with Crippen LogP contribution in [0.2, 0.25) is 0 Å². The second-order valence-corrected chi connectivity index (χ2v) is 23.8. The number of ether oxygens (including phenoxy) is 3. The molecule has 0 saturated carbocycles. The Labute approximate surface area is 503 Å². The maximum absolute atomic E-state index is 13.0. The number of carbonyl (C=O) groups is 3. The highest BCUT2D eigenvalue weighted by Crippen LogP contribution is 2.18. The summed E-state index contributed by atoms with van der Waals surface area (Å²) in [5.74, 6) is -0.929. The highest BCUT2D eigenvalue weighted by atomic mass is 16.6. The number of rotatable bonds is 65. The summed E-state index contributed by atoms with van der Waals surface area (Å²) in [6, 6.07) is 0. The molecule has 1 atom stereocenters. The Morgan fingerprint density at radius 3 is 0.815 bits per heavy atom. The summed E-state index contributed by atoms with van der Waals surface area (Å²) in [4.78, 5) is 38.4. The van der Waals surface area contributed by atoms with Crippen LogP contribution >= 0.6 is 0 Å². The third-order valence-corrected chi connectivity index (χ3v) is 15.7. The van der Waals surface area contributed by atoms with Gasteiger partial charge in [0.15, 0.2) is 6.10 Å². The molecule has 0 bridgehead atoms. The summed E-state index contributed by atoms with van der Waals surface area (Å²) in [7, 11) is 0. The maximum atomic E-state index is 13.0. The highest BCUT2D eigenvalue weighted by molar-refractivity contribution is 5.71. The van der Waals surface area contributed by atoms with Crippen molar-refractivity contribution in [1.82, 2.24) is 0 Å². The van der Waals surface area contributed by atoms with Gasteiger partial charge in [-0.1, -0.05) is 338 Å². The Morgan fingerprint density at radius 1 is 0.259 bits per heavy atom. The van der Waals surface area contributed by atoms with E-state index in [4.69, 9.17) is 14.2 Å². The molecule has 0 heterocycles. The predicted octanol–water partition coefficient (Wildman–Crippen LogP) is 24.4. The molecule has 0 fully saturated rings. The predicted molar refractivity (Wildman–Crippen MR) is 353 cm³/mol. The first kappa shape index (κ1) is 77.9. The van der Waals surface area contributed by atoms with E-state index in [-0.39, 0.29) is 37.5 Å². The molecule has 0 aliphatic rings. The van der Waals surface area contributed by atoms with Crippen molar-refractivity contribution in [3.63, 3.8) is 0 Å². The molecular weight excluding hydrogens is 997 g/mol. The molecule has 6 heteroatoms. The zero-order chi connectivity index (χ0) is 58.5. The Morgan fingerprint density at radius 2 is 0.494 bits per heavy atom. The maximum Gasteiger partial charge on any atom is 0.306 e. The minimum absolute atomic E-state index is 0.0899. The molecular formula is C75H134O6. The first-order chi connectivity index (χ1) is 40.0. The van der Waals surface area contributed by atoms with Crippen LogP contribution in [0.5, 0.6) is 0 Å². The molecule has 0 radical (unpaired) electrons. The van der Waals surface area contributed by atoms with E-state index in [1.54, 1.807) is 0 Å². The largest absolute Gasteiger partial charge is 0.462 e. The zero-order valence-corrected chi connectivity index (χ0v) is 54.1. The molecule has 0 saturated heterocycles. The standard InChI is InChI=1S/C75H134O6/c1-4-7-10-13-16-19-22-25-28-31-33-35-37-39-41-44-47-50-53-56-59-62-65-68-74(77)80-71-72(70-79-73(76)67-64-61-58-55-52-49-46-43-30-27-24-21-18-15-12-9-6-3)81-75(78)69-66-63-60-57-54-51-48-45-42-40-38-36-34-32-29-26-23-20-17-14-11-8-5-2/h9,12,18,21,27,30-31,33,46,49,55,58,72H,4-8,10-11,13-17,19-20,22-26,28-29,32,34-45,47-48,50-54,56-57,59-71H2,1-3H3/b12-9-,21-18-,30-27-,33-31-,49-46-,58-55-. The minimum Gasteiger partial charge on any atom is -0.462 e. The number of unbranched alkanes of at least 4 members (excludes halogenated alkanes) is 42. The molecule has 0 aliphatic heterocycles. The van der Waals surface area contributed by atoms with E-state index in [0.29, 0.717) is 19.3 Å². The van der Waals surface area contributed by atoms with Crippen molar-refractivity contribution >= 4 is 17.9 Å². The SMILES string of the molecule is CC/C=C\C/C=C\C/C=C\C/C=C\C/C=C\CCCC(=O)OCC(COC(=O)CCCCCCCCCCCCC/C=C\CCCCCCCCCC)OC(=O)CCCCCCCCCCCCCCCCCCCCCCCCC. The van der Waals surface area contributed by atoms with Crippen LogP contribution < -0.4 is 0 Å². The van der Waals surface area contributed by atoms with Gasteiger partial charge >= 0.3 is 17.9 Å². The van der Waals surface area contributed by atoms with Gasteiger partial charge in [0.05, 0.1) is 0 Å². The molecule has 1 unspecified atom stereocenters. The van der Waals surface area contributed by atoms with Crippen molar-refractivity contribution in [3.05, 3.63) is 72.9 Å². The van der Waals surface area contributed by atoms with Gasteiger partial charge in [0, 0.05) is 19.3 Å². The van der Waals surface area contributed by atoms with Crippen LogP contribution in [0.1, 0.15) is 367 Å². The first-order valence-corrected chi connectivity index (χ1v) is 35.4. The fraction of sp³-hybridized carbons (Fsp3) is 0.800. The lowest BCUT2D eigenvalue weighted by atomic mass is 10.0. The van der Waals surface area contributed by atoms with Gasteiger partial charge in [-0.2, -0.15) is 0 Å². The van der Waals surface area contributed by atoms with Gasteiger partial charge in [0.1, 0.15) is 13.2 Å². The summed E-state index contributed by atoms with van der Waals surface area (Å²) in [6.45, 7) is 6.54. The fourth-order valence-electron chi connectivity index (χ4n) is 10.4. The molecule has 0 aromatic heterocycles. The van der Waals surface area contributed by atoms with E-state index in [9.17, 15) is 14.4 Å². The Hall–Kier alpha value is -3.15. The lowest BCUT2D eigenvalue weighted by Crippen LogP contribution is -2.30. The molecule has 470 valence electrons. The Kier molecular flexibility index (Phi) is 66.6. The summed E-state index contributed by atoms with van der Waals surface area (Å²) in [5, 5.41) is 0. The third kappa shape index (κ3) is 67.5. The van der Waals surface area contributed by atoms with Crippen molar-refractivity contribution in [2.24, 2.45) is 0 Å².